The van der Waals surface area contributed by atoms with Gasteiger partial charge in [-0.1, -0.05) is 6.42 Å². The molecule has 0 aliphatic carbocycles. The van der Waals surface area contributed by atoms with Crippen molar-refractivity contribution in [2.24, 2.45) is 5.73 Å². The van der Waals surface area contributed by atoms with Gasteiger partial charge in [0.15, 0.2) is 0 Å². The van der Waals surface area contributed by atoms with Crippen LogP contribution in [0.3, 0.4) is 0 Å². The van der Waals surface area contributed by atoms with Crippen molar-refractivity contribution >= 4 is 0 Å². The van der Waals surface area contributed by atoms with Gasteiger partial charge in [0.05, 0.1) is 0 Å². The van der Waals surface area contributed by atoms with Crippen molar-refractivity contribution in [1.29, 1.82) is 0 Å². The monoisotopic (exact) mass is 183 g/mol. The molecule has 0 aromatic carbocycles. The van der Waals surface area contributed by atoms with Gasteiger partial charge in [-0.25, -0.2) is 0 Å². The van der Waals surface area contributed by atoms with E-state index in [2.05, 4.69) is 9.80 Å². The highest BCUT2D eigenvalue weighted by molar-refractivity contribution is 4.84. The van der Waals surface area contributed by atoms with Crippen LogP contribution < -0.4 is 5.73 Å². The molecule has 2 rings (SSSR count). The average Bonchev–Trinajstić information content (AvgIpc) is 2.18. The molecule has 0 spiro atoms. The Kier molecular flexibility index (Phi) is 3.19. The van der Waals surface area contributed by atoms with Gasteiger partial charge >= 0.3 is 0 Å². The first kappa shape index (κ1) is 9.44. The number of nitrogens with two attached hydrogens (primary N) is 1. The second-order valence-electron chi connectivity index (χ2n) is 4.27. The highest BCUT2D eigenvalue weighted by atomic mass is 15.3. The van der Waals surface area contributed by atoms with E-state index in [1.807, 2.05) is 0 Å². The molecule has 0 bridgehead atoms. The van der Waals surface area contributed by atoms with E-state index in [4.69, 9.17) is 5.73 Å². The fraction of sp³-hybridized carbons (Fsp3) is 1.00. The van der Waals surface area contributed by atoms with E-state index >= 15 is 0 Å². The summed E-state index contributed by atoms with van der Waals surface area (Å²) in [5, 5.41) is 0. The number of piperazine rings is 1. The Morgan fingerprint density at radius 3 is 2.92 bits per heavy atom. The summed E-state index contributed by atoms with van der Waals surface area (Å²) in [6.07, 6.45) is 4.24. The summed E-state index contributed by atoms with van der Waals surface area (Å²) in [6, 6.07) is 0.842. The molecule has 0 saturated carbocycles. The summed E-state index contributed by atoms with van der Waals surface area (Å²) in [5.74, 6) is 0. The summed E-state index contributed by atoms with van der Waals surface area (Å²) in [4.78, 5) is 5.18. The molecule has 2 fully saturated rings. The molecule has 2 saturated heterocycles. The van der Waals surface area contributed by atoms with Gasteiger partial charge in [0.1, 0.15) is 0 Å². The van der Waals surface area contributed by atoms with E-state index in [-0.39, 0.29) is 0 Å². The molecule has 1 atom stereocenters. The largest absolute Gasteiger partial charge is 0.329 e. The molecule has 0 aromatic heterocycles. The third kappa shape index (κ3) is 2.22. The van der Waals surface area contributed by atoms with Gasteiger partial charge in [-0.3, -0.25) is 9.80 Å². The van der Waals surface area contributed by atoms with Crippen molar-refractivity contribution in [1.82, 2.24) is 9.80 Å². The SMILES string of the molecule is NCCN1CCN2CCCCC2C1. The number of hydrogen-bond acceptors (Lipinski definition) is 3. The Labute approximate surface area is 80.9 Å². The molecule has 3 nitrogen and oxygen atoms in total. The van der Waals surface area contributed by atoms with Gasteiger partial charge in [-0.15, -0.1) is 0 Å². The zero-order valence-corrected chi connectivity index (χ0v) is 8.41. The molecule has 0 aromatic rings. The van der Waals surface area contributed by atoms with Crippen LogP contribution in [0.2, 0.25) is 0 Å². The van der Waals surface area contributed by atoms with Crippen LogP contribution in [0.15, 0.2) is 0 Å². The molecular formula is C10H21N3. The predicted octanol–water partition coefficient (Wildman–Crippen LogP) is 0.115. The highest BCUT2D eigenvalue weighted by Gasteiger charge is 2.27. The topological polar surface area (TPSA) is 32.5 Å². The van der Waals surface area contributed by atoms with E-state index in [0.29, 0.717) is 0 Å². The van der Waals surface area contributed by atoms with E-state index in [0.717, 1.165) is 19.1 Å². The molecule has 0 amide bonds. The zero-order valence-electron chi connectivity index (χ0n) is 8.41. The van der Waals surface area contributed by atoms with Crippen LogP contribution in [0.25, 0.3) is 0 Å². The first-order valence-corrected chi connectivity index (χ1v) is 5.56. The van der Waals surface area contributed by atoms with Crippen molar-refractivity contribution in [3.8, 4) is 0 Å². The van der Waals surface area contributed by atoms with Gasteiger partial charge in [-0.2, -0.15) is 0 Å². The van der Waals surface area contributed by atoms with Crippen LogP contribution in [-0.4, -0.2) is 55.1 Å². The minimum atomic E-state index is 0.812. The molecule has 2 N–H and O–H groups in total. The molecule has 2 aliphatic rings. The lowest BCUT2D eigenvalue weighted by Gasteiger charge is -2.44. The number of piperidine rings is 1. The number of nitrogens with zero attached hydrogens (tertiary/aromatic N) is 2. The maximum atomic E-state index is 5.57. The fourth-order valence-electron chi connectivity index (χ4n) is 2.61. The van der Waals surface area contributed by atoms with E-state index in [9.17, 15) is 0 Å². The van der Waals surface area contributed by atoms with E-state index in [1.54, 1.807) is 0 Å². The maximum absolute atomic E-state index is 5.57. The summed E-state index contributed by atoms with van der Waals surface area (Å²) >= 11 is 0. The lowest BCUT2D eigenvalue weighted by atomic mass is 9.99. The van der Waals surface area contributed by atoms with Crippen LogP contribution in [-0.2, 0) is 0 Å². The Morgan fingerprint density at radius 1 is 1.15 bits per heavy atom. The molecule has 0 radical (unpaired) electrons. The number of rotatable bonds is 2. The molecule has 1 unspecified atom stereocenters. The summed E-state index contributed by atoms with van der Waals surface area (Å²) in [7, 11) is 0. The van der Waals surface area contributed by atoms with Crippen LogP contribution in [0.4, 0.5) is 0 Å². The molecule has 76 valence electrons. The van der Waals surface area contributed by atoms with Gasteiger partial charge in [0.25, 0.3) is 0 Å². The molecule has 3 heteroatoms. The second-order valence-corrected chi connectivity index (χ2v) is 4.27. The van der Waals surface area contributed by atoms with Crippen LogP contribution in [0.1, 0.15) is 19.3 Å². The molecular weight excluding hydrogens is 162 g/mol. The minimum Gasteiger partial charge on any atom is -0.329 e. The third-order valence-electron chi connectivity index (χ3n) is 3.37. The summed E-state index contributed by atoms with van der Waals surface area (Å²) in [6.45, 7) is 6.99. The zero-order chi connectivity index (χ0) is 9.10. The van der Waals surface area contributed by atoms with Crippen molar-refractivity contribution < 1.29 is 0 Å². The standard InChI is InChI=1S/C10H21N3/c11-4-6-12-7-8-13-5-2-1-3-10(13)9-12/h10H,1-9,11H2. The summed E-state index contributed by atoms with van der Waals surface area (Å²) < 4.78 is 0. The Hall–Kier alpha value is -0.120. The van der Waals surface area contributed by atoms with E-state index in [1.165, 1.54) is 45.4 Å². The van der Waals surface area contributed by atoms with Gasteiger partial charge < -0.3 is 5.73 Å². The molecule has 2 heterocycles. The van der Waals surface area contributed by atoms with Crippen LogP contribution in [0.5, 0.6) is 0 Å². The molecule has 2 aliphatic heterocycles. The number of hydrogen-bond donors (Lipinski definition) is 1. The second kappa shape index (κ2) is 4.40. The van der Waals surface area contributed by atoms with Gasteiger partial charge in [-0.05, 0) is 19.4 Å². The smallest absolute Gasteiger partial charge is 0.0223 e. The normalized spacial score (nSPS) is 31.6. The van der Waals surface area contributed by atoms with Crippen LogP contribution >= 0.6 is 0 Å². The average molecular weight is 183 g/mol. The van der Waals surface area contributed by atoms with Crippen molar-refractivity contribution in [2.75, 3.05) is 39.3 Å². The number of fused-ring (bicyclic) bond motifs is 1. The van der Waals surface area contributed by atoms with Crippen molar-refractivity contribution in [3.05, 3.63) is 0 Å². The van der Waals surface area contributed by atoms with E-state index < -0.39 is 0 Å². The third-order valence-corrected chi connectivity index (χ3v) is 3.37. The lowest BCUT2D eigenvalue weighted by molar-refractivity contribution is 0.0510. The summed E-state index contributed by atoms with van der Waals surface area (Å²) in [5.41, 5.74) is 5.57. The Balaban J connectivity index is 1.84. The first-order valence-electron chi connectivity index (χ1n) is 5.56. The fourth-order valence-corrected chi connectivity index (χ4v) is 2.61. The Morgan fingerprint density at radius 2 is 2.08 bits per heavy atom. The van der Waals surface area contributed by atoms with Gasteiger partial charge in [0, 0.05) is 38.8 Å². The predicted molar refractivity (Wildman–Crippen MR) is 54.7 cm³/mol. The molecule has 13 heavy (non-hydrogen) atoms. The highest BCUT2D eigenvalue weighted by Crippen LogP contribution is 2.20. The van der Waals surface area contributed by atoms with Crippen molar-refractivity contribution in [2.45, 2.75) is 25.3 Å². The minimum absolute atomic E-state index is 0.812. The maximum Gasteiger partial charge on any atom is 0.0223 e. The quantitative estimate of drug-likeness (QED) is 0.660. The first-order chi connectivity index (χ1) is 6.40. The Bertz CT molecular complexity index is 160. The van der Waals surface area contributed by atoms with Gasteiger partial charge in [0.2, 0.25) is 0 Å². The van der Waals surface area contributed by atoms with Crippen molar-refractivity contribution in [3.63, 3.8) is 0 Å². The lowest BCUT2D eigenvalue weighted by Crippen LogP contribution is -2.55. The van der Waals surface area contributed by atoms with Crippen LogP contribution in [0, 0.1) is 0 Å².